The van der Waals surface area contributed by atoms with Crippen molar-refractivity contribution in [3.63, 3.8) is 0 Å². The third-order valence-corrected chi connectivity index (χ3v) is 4.62. The third-order valence-electron chi connectivity index (χ3n) is 4.40. The Bertz CT molecular complexity index is 1300. The van der Waals surface area contributed by atoms with Gasteiger partial charge in [-0.15, -0.1) is 13.2 Å². The first-order chi connectivity index (χ1) is 14.7. The van der Waals surface area contributed by atoms with E-state index in [0.29, 0.717) is 22.2 Å². The van der Waals surface area contributed by atoms with E-state index in [-0.39, 0.29) is 16.7 Å². The van der Waals surface area contributed by atoms with Gasteiger partial charge in [0.2, 0.25) is 5.88 Å². The minimum Gasteiger partial charge on any atom is -0.481 e. The summed E-state index contributed by atoms with van der Waals surface area (Å²) < 4.78 is 47.8. The molecule has 0 bridgehead atoms. The summed E-state index contributed by atoms with van der Waals surface area (Å²) >= 11 is 5.84. The molecule has 158 valence electrons. The maximum Gasteiger partial charge on any atom is 0.573 e. The number of ether oxygens (including phenoxy) is 2. The summed E-state index contributed by atoms with van der Waals surface area (Å²) in [6, 6.07) is 13.2. The number of hydrogen-bond acceptors (Lipinski definition) is 5. The minimum absolute atomic E-state index is 0.275. The van der Waals surface area contributed by atoms with E-state index in [2.05, 4.69) is 14.7 Å². The van der Waals surface area contributed by atoms with Crippen molar-refractivity contribution in [1.82, 2.24) is 14.5 Å². The SMILES string of the molecule is COc1ccc2cc(-c3ccc(Cl)nc3)c(=O)n(-c3ccc(OC(F)(F)F)cc3)c2n1. The number of nitrogens with zero attached hydrogens (tertiary/aromatic N) is 3. The Kier molecular flexibility index (Phi) is 5.28. The van der Waals surface area contributed by atoms with Gasteiger partial charge in [0.05, 0.1) is 12.8 Å². The lowest BCUT2D eigenvalue weighted by molar-refractivity contribution is -0.274. The van der Waals surface area contributed by atoms with Crippen LogP contribution >= 0.6 is 11.6 Å². The quantitative estimate of drug-likeness (QED) is 0.411. The first-order valence-corrected chi connectivity index (χ1v) is 9.22. The van der Waals surface area contributed by atoms with Crippen molar-refractivity contribution in [1.29, 1.82) is 0 Å². The van der Waals surface area contributed by atoms with Gasteiger partial charge in [-0.1, -0.05) is 11.6 Å². The van der Waals surface area contributed by atoms with Crippen LogP contribution in [0.2, 0.25) is 5.15 Å². The van der Waals surface area contributed by atoms with Crippen LogP contribution in [0.25, 0.3) is 27.8 Å². The van der Waals surface area contributed by atoms with E-state index in [9.17, 15) is 18.0 Å². The highest BCUT2D eigenvalue weighted by Crippen LogP contribution is 2.27. The zero-order valence-corrected chi connectivity index (χ0v) is 16.6. The maximum atomic E-state index is 13.4. The average molecular weight is 448 g/mol. The zero-order valence-electron chi connectivity index (χ0n) is 15.9. The van der Waals surface area contributed by atoms with Gasteiger partial charge >= 0.3 is 6.36 Å². The molecule has 31 heavy (non-hydrogen) atoms. The van der Waals surface area contributed by atoms with Crippen LogP contribution in [0.3, 0.4) is 0 Å². The summed E-state index contributed by atoms with van der Waals surface area (Å²) in [7, 11) is 1.44. The second-order valence-corrected chi connectivity index (χ2v) is 6.76. The van der Waals surface area contributed by atoms with Crippen LogP contribution in [0.15, 0.2) is 65.6 Å². The highest BCUT2D eigenvalue weighted by molar-refractivity contribution is 6.29. The molecule has 0 unspecified atom stereocenters. The average Bonchev–Trinajstić information content (AvgIpc) is 2.73. The Morgan fingerprint density at radius 1 is 1.03 bits per heavy atom. The summed E-state index contributed by atoms with van der Waals surface area (Å²) in [6.45, 7) is 0. The van der Waals surface area contributed by atoms with Gasteiger partial charge < -0.3 is 9.47 Å². The summed E-state index contributed by atoms with van der Waals surface area (Å²) in [5.74, 6) is -0.129. The Morgan fingerprint density at radius 2 is 1.77 bits per heavy atom. The molecule has 0 aliphatic carbocycles. The fraction of sp³-hybridized carbons (Fsp3) is 0.0952. The van der Waals surface area contributed by atoms with Crippen LogP contribution < -0.4 is 15.0 Å². The third kappa shape index (κ3) is 4.31. The number of hydrogen-bond donors (Lipinski definition) is 0. The van der Waals surface area contributed by atoms with Crippen molar-refractivity contribution in [2.45, 2.75) is 6.36 Å². The Hall–Kier alpha value is -3.59. The molecule has 6 nitrogen and oxygen atoms in total. The monoisotopic (exact) mass is 447 g/mol. The van der Waals surface area contributed by atoms with Crippen LogP contribution in [0, 0.1) is 0 Å². The fourth-order valence-electron chi connectivity index (χ4n) is 3.06. The number of aromatic nitrogens is 3. The molecule has 0 atom stereocenters. The fourth-order valence-corrected chi connectivity index (χ4v) is 3.17. The number of pyridine rings is 3. The molecule has 4 aromatic rings. The molecule has 10 heteroatoms. The van der Waals surface area contributed by atoms with Crippen molar-refractivity contribution < 1.29 is 22.6 Å². The Balaban J connectivity index is 1.94. The molecule has 0 saturated heterocycles. The number of methoxy groups -OCH3 is 1. The summed E-state index contributed by atoms with van der Waals surface area (Å²) in [5.41, 5.74) is 0.979. The molecule has 0 saturated carbocycles. The number of halogens is 4. The van der Waals surface area contributed by atoms with Gasteiger partial charge in [0, 0.05) is 28.8 Å². The summed E-state index contributed by atoms with van der Waals surface area (Å²) in [6.07, 6.45) is -3.35. The van der Waals surface area contributed by atoms with Crippen LogP contribution in [0.1, 0.15) is 0 Å². The maximum absolute atomic E-state index is 13.4. The second-order valence-electron chi connectivity index (χ2n) is 6.38. The molecule has 0 spiro atoms. The van der Waals surface area contributed by atoms with Gasteiger partial charge in [0.1, 0.15) is 10.9 Å². The van der Waals surface area contributed by atoms with Crippen LogP contribution in [0.5, 0.6) is 11.6 Å². The standard InChI is InChI=1S/C21H13ClF3N3O3/c1-30-18-9-3-12-10-16(13-2-8-17(22)26-11-13)20(29)28(19(12)27-18)14-4-6-15(7-5-14)31-21(23,24)25/h2-11H,1H3. The minimum atomic E-state index is -4.82. The number of benzene rings is 1. The van der Waals surface area contributed by atoms with Gasteiger partial charge in [-0.3, -0.25) is 9.36 Å². The normalized spacial score (nSPS) is 11.5. The van der Waals surface area contributed by atoms with Crippen LogP contribution in [-0.4, -0.2) is 28.0 Å². The van der Waals surface area contributed by atoms with Gasteiger partial charge in [-0.25, -0.2) is 4.98 Å². The summed E-state index contributed by atoms with van der Waals surface area (Å²) in [4.78, 5) is 21.8. The van der Waals surface area contributed by atoms with E-state index in [1.807, 2.05) is 0 Å². The van der Waals surface area contributed by atoms with E-state index in [0.717, 1.165) is 12.1 Å². The van der Waals surface area contributed by atoms with E-state index in [4.69, 9.17) is 16.3 Å². The van der Waals surface area contributed by atoms with Crippen molar-refractivity contribution in [3.8, 4) is 28.4 Å². The lowest BCUT2D eigenvalue weighted by atomic mass is 10.1. The van der Waals surface area contributed by atoms with E-state index in [1.165, 1.54) is 30.0 Å². The molecule has 0 N–H and O–H groups in total. The highest BCUT2D eigenvalue weighted by atomic mass is 35.5. The molecule has 1 aromatic carbocycles. The van der Waals surface area contributed by atoms with Crippen LogP contribution in [-0.2, 0) is 0 Å². The molecule has 4 rings (SSSR count). The zero-order chi connectivity index (χ0) is 22.2. The molecule has 0 radical (unpaired) electrons. The van der Waals surface area contributed by atoms with Gasteiger partial charge in [-0.2, -0.15) is 4.98 Å². The van der Waals surface area contributed by atoms with Crippen LogP contribution in [0.4, 0.5) is 13.2 Å². The van der Waals surface area contributed by atoms with Gasteiger partial charge in [0.15, 0.2) is 5.65 Å². The molecular weight excluding hydrogens is 435 g/mol. The lowest BCUT2D eigenvalue weighted by Gasteiger charge is -2.14. The number of fused-ring (bicyclic) bond motifs is 1. The molecule has 0 fully saturated rings. The Morgan fingerprint density at radius 3 is 2.39 bits per heavy atom. The lowest BCUT2D eigenvalue weighted by Crippen LogP contribution is -2.21. The Labute approximate surface area is 178 Å². The number of rotatable bonds is 4. The highest BCUT2D eigenvalue weighted by Gasteiger charge is 2.31. The molecule has 0 aliphatic heterocycles. The predicted molar refractivity (Wildman–Crippen MR) is 109 cm³/mol. The van der Waals surface area contributed by atoms with E-state index >= 15 is 0 Å². The first-order valence-electron chi connectivity index (χ1n) is 8.84. The molecule has 0 aliphatic rings. The van der Waals surface area contributed by atoms with Gasteiger partial charge in [-0.05, 0) is 48.5 Å². The summed E-state index contributed by atoms with van der Waals surface area (Å²) in [5, 5.41) is 0.887. The first kappa shape index (κ1) is 20.7. The predicted octanol–water partition coefficient (Wildman–Crippen LogP) is 5.01. The van der Waals surface area contributed by atoms with Gasteiger partial charge in [0.25, 0.3) is 5.56 Å². The molecular formula is C21H13ClF3N3O3. The topological polar surface area (TPSA) is 66.2 Å². The second kappa shape index (κ2) is 7.92. The van der Waals surface area contributed by atoms with E-state index < -0.39 is 17.7 Å². The molecule has 3 heterocycles. The molecule has 3 aromatic heterocycles. The number of alkyl halides is 3. The van der Waals surface area contributed by atoms with Crippen molar-refractivity contribution in [3.05, 3.63) is 76.3 Å². The van der Waals surface area contributed by atoms with Crippen molar-refractivity contribution in [2.75, 3.05) is 7.11 Å². The van der Waals surface area contributed by atoms with Crippen molar-refractivity contribution in [2.24, 2.45) is 0 Å². The smallest absolute Gasteiger partial charge is 0.481 e. The largest absolute Gasteiger partial charge is 0.573 e. The molecule has 0 amide bonds. The van der Waals surface area contributed by atoms with E-state index in [1.54, 1.807) is 30.3 Å². The van der Waals surface area contributed by atoms with Crippen molar-refractivity contribution >= 4 is 22.6 Å².